The third-order valence-corrected chi connectivity index (χ3v) is 4.89. The number of nitro benzene ring substituents is 1. The van der Waals surface area contributed by atoms with Gasteiger partial charge in [0.2, 0.25) is 0 Å². The zero-order valence-electron chi connectivity index (χ0n) is 15.2. The highest BCUT2D eigenvalue weighted by molar-refractivity contribution is 5.90. The van der Waals surface area contributed by atoms with Crippen molar-refractivity contribution in [1.82, 2.24) is 9.97 Å². The minimum atomic E-state index is -0.456. The van der Waals surface area contributed by atoms with Gasteiger partial charge in [-0.05, 0) is 18.2 Å². The van der Waals surface area contributed by atoms with E-state index in [1.807, 2.05) is 0 Å². The maximum Gasteiger partial charge on any atom is 0.269 e. The van der Waals surface area contributed by atoms with Crippen molar-refractivity contribution in [2.24, 2.45) is 0 Å². The van der Waals surface area contributed by atoms with Gasteiger partial charge < -0.3 is 14.5 Å². The fraction of sp³-hybridized carbons (Fsp3) is 0.263. The number of piperazine rings is 1. The number of rotatable bonds is 4. The predicted octanol–water partition coefficient (Wildman–Crippen LogP) is 3.01. The van der Waals surface area contributed by atoms with Crippen molar-refractivity contribution in [2.75, 3.05) is 43.1 Å². The Balaban J connectivity index is 1.54. The Morgan fingerprint density at radius 2 is 1.75 bits per heavy atom. The minimum Gasteiger partial charge on any atom is -0.494 e. The van der Waals surface area contributed by atoms with E-state index in [1.54, 1.807) is 18.2 Å². The number of methoxy groups -OCH3 is 1. The lowest BCUT2D eigenvalue weighted by atomic mass is 10.2. The number of nitrogens with zero attached hydrogens (tertiary/aromatic N) is 5. The van der Waals surface area contributed by atoms with Crippen LogP contribution in [0.15, 0.2) is 42.7 Å². The maximum absolute atomic E-state index is 14.0. The summed E-state index contributed by atoms with van der Waals surface area (Å²) < 4.78 is 19.1. The van der Waals surface area contributed by atoms with Gasteiger partial charge >= 0.3 is 0 Å². The van der Waals surface area contributed by atoms with Crippen molar-refractivity contribution in [3.05, 3.63) is 58.7 Å². The molecule has 0 bridgehead atoms. The first-order valence-electron chi connectivity index (χ1n) is 8.79. The average molecular weight is 383 g/mol. The van der Waals surface area contributed by atoms with Crippen LogP contribution in [-0.2, 0) is 0 Å². The SMILES string of the molecule is COc1cc2c(N3CCN(c4ccc([N+](=O)[O-])cc4)CC3)ncnc2cc1F. The normalized spacial score (nSPS) is 14.4. The molecule has 2 aromatic carbocycles. The number of fused-ring (bicyclic) bond motifs is 1. The first-order valence-corrected chi connectivity index (χ1v) is 8.79. The number of benzene rings is 2. The van der Waals surface area contributed by atoms with Crippen LogP contribution in [0.25, 0.3) is 10.9 Å². The molecule has 1 fully saturated rings. The molecule has 8 nitrogen and oxygen atoms in total. The quantitative estimate of drug-likeness (QED) is 0.506. The van der Waals surface area contributed by atoms with Crippen molar-refractivity contribution < 1.29 is 14.1 Å². The Hall–Kier alpha value is -3.49. The Morgan fingerprint density at radius 3 is 2.39 bits per heavy atom. The first-order chi connectivity index (χ1) is 13.6. The summed E-state index contributed by atoms with van der Waals surface area (Å²) >= 11 is 0. The molecule has 0 amide bonds. The molecule has 0 radical (unpaired) electrons. The Labute approximate surface area is 160 Å². The van der Waals surface area contributed by atoms with Crippen LogP contribution >= 0.6 is 0 Å². The third kappa shape index (κ3) is 3.26. The maximum atomic E-state index is 14.0. The van der Waals surface area contributed by atoms with Gasteiger partial charge in [0.15, 0.2) is 11.6 Å². The van der Waals surface area contributed by atoms with E-state index in [0.29, 0.717) is 18.6 Å². The average Bonchev–Trinajstić information content (AvgIpc) is 2.73. The van der Waals surface area contributed by atoms with E-state index >= 15 is 0 Å². The molecule has 9 heteroatoms. The van der Waals surface area contributed by atoms with Gasteiger partial charge in [0.1, 0.15) is 12.1 Å². The molecule has 0 unspecified atom stereocenters. The zero-order valence-corrected chi connectivity index (χ0v) is 15.2. The summed E-state index contributed by atoms with van der Waals surface area (Å²) in [5.74, 6) is 0.447. The molecule has 1 aliphatic heterocycles. The highest BCUT2D eigenvalue weighted by atomic mass is 19.1. The monoisotopic (exact) mass is 383 g/mol. The van der Waals surface area contributed by atoms with E-state index in [1.165, 1.54) is 31.6 Å². The molecule has 144 valence electrons. The molecule has 1 saturated heterocycles. The van der Waals surface area contributed by atoms with Crippen molar-refractivity contribution in [3.63, 3.8) is 0 Å². The van der Waals surface area contributed by atoms with E-state index in [0.717, 1.165) is 30.0 Å². The number of nitro groups is 1. The summed E-state index contributed by atoms with van der Waals surface area (Å²) in [4.78, 5) is 23.3. The van der Waals surface area contributed by atoms with Crippen LogP contribution in [0, 0.1) is 15.9 Å². The number of halogens is 1. The lowest BCUT2D eigenvalue weighted by Crippen LogP contribution is -2.46. The molecule has 1 aliphatic rings. The van der Waals surface area contributed by atoms with Crippen molar-refractivity contribution in [3.8, 4) is 5.75 Å². The third-order valence-electron chi connectivity index (χ3n) is 4.89. The predicted molar refractivity (Wildman–Crippen MR) is 104 cm³/mol. The number of ether oxygens (including phenoxy) is 1. The Bertz CT molecular complexity index is 1020. The number of hydrogen-bond donors (Lipinski definition) is 0. The molecule has 0 spiro atoms. The molecule has 3 aromatic rings. The molecule has 0 N–H and O–H groups in total. The lowest BCUT2D eigenvalue weighted by Gasteiger charge is -2.37. The van der Waals surface area contributed by atoms with Gasteiger partial charge in [0.25, 0.3) is 5.69 Å². The number of hydrogen-bond acceptors (Lipinski definition) is 7. The molecule has 0 aliphatic carbocycles. The zero-order chi connectivity index (χ0) is 19.7. The van der Waals surface area contributed by atoms with Gasteiger partial charge in [-0.15, -0.1) is 0 Å². The largest absolute Gasteiger partial charge is 0.494 e. The van der Waals surface area contributed by atoms with Crippen molar-refractivity contribution >= 4 is 28.1 Å². The summed E-state index contributed by atoms with van der Waals surface area (Å²) in [5.41, 5.74) is 1.55. The van der Waals surface area contributed by atoms with Crippen molar-refractivity contribution in [1.29, 1.82) is 0 Å². The van der Waals surface area contributed by atoms with Crippen LogP contribution in [0.1, 0.15) is 0 Å². The van der Waals surface area contributed by atoms with Gasteiger partial charge in [0.05, 0.1) is 17.5 Å². The second-order valence-corrected chi connectivity index (χ2v) is 6.45. The summed E-state index contributed by atoms with van der Waals surface area (Å²) in [6, 6.07) is 9.54. The van der Waals surface area contributed by atoms with Gasteiger partial charge in [-0.2, -0.15) is 0 Å². The van der Waals surface area contributed by atoms with Crippen LogP contribution in [0.2, 0.25) is 0 Å². The highest BCUT2D eigenvalue weighted by Crippen LogP contribution is 2.30. The lowest BCUT2D eigenvalue weighted by molar-refractivity contribution is -0.384. The summed E-state index contributed by atoms with van der Waals surface area (Å²) in [5, 5.41) is 11.5. The second-order valence-electron chi connectivity index (χ2n) is 6.45. The van der Waals surface area contributed by atoms with E-state index in [2.05, 4.69) is 19.8 Å². The summed E-state index contributed by atoms with van der Waals surface area (Å²) in [6.07, 6.45) is 1.44. The standard InChI is InChI=1S/C19H18FN5O3/c1-28-18-10-15-17(11-16(18)20)21-12-22-19(15)24-8-6-23(7-9-24)13-2-4-14(5-3-13)25(26)27/h2-5,10-12H,6-9H2,1H3. The number of aromatic nitrogens is 2. The van der Waals surface area contributed by atoms with Gasteiger partial charge in [-0.1, -0.05) is 0 Å². The molecule has 2 heterocycles. The Morgan fingerprint density at radius 1 is 1.07 bits per heavy atom. The second kappa shape index (κ2) is 7.26. The summed E-state index contributed by atoms with van der Waals surface area (Å²) in [7, 11) is 1.43. The molecular weight excluding hydrogens is 365 g/mol. The van der Waals surface area contributed by atoms with E-state index in [-0.39, 0.29) is 11.4 Å². The number of non-ortho nitro benzene ring substituents is 1. The molecule has 28 heavy (non-hydrogen) atoms. The van der Waals surface area contributed by atoms with Gasteiger partial charge in [0, 0.05) is 55.5 Å². The van der Waals surface area contributed by atoms with E-state index in [9.17, 15) is 14.5 Å². The highest BCUT2D eigenvalue weighted by Gasteiger charge is 2.21. The van der Waals surface area contributed by atoms with Crippen LogP contribution < -0.4 is 14.5 Å². The van der Waals surface area contributed by atoms with E-state index in [4.69, 9.17) is 4.74 Å². The Kier molecular flexibility index (Phi) is 4.64. The van der Waals surface area contributed by atoms with Crippen LogP contribution in [0.3, 0.4) is 0 Å². The van der Waals surface area contributed by atoms with Gasteiger partial charge in [-0.25, -0.2) is 14.4 Å². The minimum absolute atomic E-state index is 0.0796. The summed E-state index contributed by atoms with van der Waals surface area (Å²) in [6.45, 7) is 2.90. The van der Waals surface area contributed by atoms with Crippen LogP contribution in [0.4, 0.5) is 21.6 Å². The topological polar surface area (TPSA) is 84.6 Å². The molecule has 4 rings (SSSR count). The fourth-order valence-electron chi connectivity index (χ4n) is 3.41. The van der Waals surface area contributed by atoms with E-state index < -0.39 is 10.7 Å². The smallest absolute Gasteiger partial charge is 0.269 e. The van der Waals surface area contributed by atoms with Crippen LogP contribution in [-0.4, -0.2) is 48.2 Å². The molecular formula is C19H18FN5O3. The number of anilines is 2. The van der Waals surface area contributed by atoms with Gasteiger partial charge in [-0.3, -0.25) is 10.1 Å². The van der Waals surface area contributed by atoms with Crippen LogP contribution in [0.5, 0.6) is 5.75 Å². The molecule has 1 aromatic heterocycles. The molecule has 0 saturated carbocycles. The van der Waals surface area contributed by atoms with Crippen molar-refractivity contribution in [2.45, 2.75) is 0 Å². The molecule has 0 atom stereocenters. The first kappa shape index (κ1) is 17.9. The fourth-order valence-corrected chi connectivity index (χ4v) is 3.41.